The van der Waals surface area contributed by atoms with Crippen molar-refractivity contribution in [3.8, 4) is 0 Å². The Balaban J connectivity index is 1.28. The number of amides is 1. The number of carbonyl (C=O) groups is 1. The van der Waals surface area contributed by atoms with E-state index in [9.17, 15) is 35.4 Å². The maximum atomic E-state index is 12.9. The number of aliphatic hydroxyl groups is 6. The van der Waals surface area contributed by atoms with Crippen molar-refractivity contribution in [2.75, 3.05) is 19.7 Å². The molecule has 5 rings (SSSR count). The molecule has 3 saturated carbocycles. The monoisotopic (exact) mass is 649 g/mol. The summed E-state index contributed by atoms with van der Waals surface area (Å²) in [4.78, 5) is 12.9. The van der Waals surface area contributed by atoms with E-state index in [4.69, 9.17) is 47.6 Å². The minimum absolute atomic E-state index is 0.0243. The van der Waals surface area contributed by atoms with Crippen LogP contribution in [0.25, 0.3) is 0 Å². The molecular formula is C27H51N7O11. The van der Waals surface area contributed by atoms with E-state index in [1.165, 1.54) is 0 Å². The molecule has 260 valence electrons. The second kappa shape index (κ2) is 14.1. The van der Waals surface area contributed by atoms with Gasteiger partial charge in [0.25, 0.3) is 5.91 Å². The fourth-order valence-electron chi connectivity index (χ4n) is 6.71. The first-order valence-electron chi connectivity index (χ1n) is 15.7. The third-order valence-corrected chi connectivity index (χ3v) is 9.88. The van der Waals surface area contributed by atoms with Crippen molar-refractivity contribution >= 4 is 5.91 Å². The molecule has 45 heavy (non-hydrogen) atoms. The van der Waals surface area contributed by atoms with Gasteiger partial charge in [-0.15, -0.1) is 0 Å². The fourth-order valence-corrected chi connectivity index (χ4v) is 6.71. The molecule has 0 aromatic carbocycles. The number of hydrogen-bond acceptors (Lipinski definition) is 17. The predicted octanol–water partition coefficient (Wildman–Crippen LogP) is -7.31. The minimum Gasteiger partial charge on any atom is -0.394 e. The topological polar surface area (TPSA) is 330 Å². The van der Waals surface area contributed by atoms with Crippen LogP contribution < -0.4 is 39.3 Å². The number of carbonyl (C=O) groups excluding carboxylic acids is 1. The van der Waals surface area contributed by atoms with Crippen molar-refractivity contribution in [2.45, 2.75) is 135 Å². The summed E-state index contributed by atoms with van der Waals surface area (Å²) in [5, 5.41) is 69.2. The van der Waals surface area contributed by atoms with E-state index in [1.54, 1.807) is 0 Å². The normalized spacial score (nSPS) is 51.8. The molecule has 0 radical (unpaired) electrons. The summed E-state index contributed by atoms with van der Waals surface area (Å²) in [6, 6.07) is -4.50. The first-order valence-corrected chi connectivity index (χ1v) is 15.7. The van der Waals surface area contributed by atoms with Crippen molar-refractivity contribution < 1.29 is 54.4 Å². The Morgan fingerprint density at radius 1 is 0.822 bits per heavy atom. The van der Waals surface area contributed by atoms with Crippen LogP contribution in [0.1, 0.15) is 32.1 Å². The van der Waals surface area contributed by atoms with E-state index in [1.807, 2.05) is 0 Å². The quantitative estimate of drug-likeness (QED) is 0.0988. The third kappa shape index (κ3) is 7.46. The van der Waals surface area contributed by atoms with Crippen molar-refractivity contribution in [1.29, 1.82) is 0 Å². The average Bonchev–Trinajstić information content (AvgIpc) is 3.60. The Labute approximate surface area is 260 Å². The van der Waals surface area contributed by atoms with Crippen LogP contribution in [0.4, 0.5) is 0 Å². The van der Waals surface area contributed by atoms with E-state index in [2.05, 4.69) is 10.6 Å². The molecule has 2 unspecified atom stereocenters. The standard InChI is InChI=1S/C27H51N7O11/c28-10-1-9(2-10)6-33-7-15-14(36)4-12(30)24(42-15)44-22-11(29)3-13(34-26(40)27(41)5-17(27)31)23(21(22)39)45-25-20(38)18(32)19(37)16(8-35)43-25/h9-25,33,35-39,41H,1-8,28-32H2,(H,34,40)/t9?,10?,11-,12+,13+,14-,15+,16+,17?,18-,19+,20+,21-,22+,23-,24+,25+,27?/m0/s1. The maximum Gasteiger partial charge on any atom is 0.253 e. The van der Waals surface area contributed by atoms with Crippen molar-refractivity contribution in [3.63, 3.8) is 0 Å². The van der Waals surface area contributed by atoms with E-state index >= 15 is 0 Å². The molecule has 16 atom stereocenters. The van der Waals surface area contributed by atoms with E-state index in [0.717, 1.165) is 19.4 Å². The van der Waals surface area contributed by atoms with Crippen molar-refractivity contribution in [1.82, 2.24) is 10.6 Å². The Kier molecular flexibility index (Phi) is 11.0. The molecule has 0 spiro atoms. The van der Waals surface area contributed by atoms with Gasteiger partial charge >= 0.3 is 0 Å². The number of aliphatic hydroxyl groups excluding tert-OH is 5. The van der Waals surface area contributed by atoms with Gasteiger partial charge in [-0.3, -0.25) is 4.79 Å². The zero-order valence-corrected chi connectivity index (χ0v) is 25.1. The summed E-state index contributed by atoms with van der Waals surface area (Å²) in [6.45, 7) is 0.422. The van der Waals surface area contributed by atoms with Crippen molar-refractivity contribution in [2.24, 2.45) is 34.6 Å². The Bertz CT molecular complexity index is 1010. The Morgan fingerprint density at radius 3 is 2.09 bits per heavy atom. The van der Waals surface area contributed by atoms with E-state index < -0.39 is 110 Å². The van der Waals surface area contributed by atoms with Crippen LogP contribution in [0.15, 0.2) is 0 Å². The molecule has 0 bridgehead atoms. The van der Waals surface area contributed by atoms with Crippen LogP contribution in [0.2, 0.25) is 0 Å². The molecule has 18 nitrogen and oxygen atoms in total. The lowest BCUT2D eigenvalue weighted by molar-refractivity contribution is -0.316. The lowest BCUT2D eigenvalue weighted by Crippen LogP contribution is -2.69. The summed E-state index contributed by atoms with van der Waals surface area (Å²) < 4.78 is 23.7. The number of ether oxygens (including phenoxy) is 4. The van der Waals surface area contributed by atoms with Crippen LogP contribution >= 0.6 is 0 Å². The highest BCUT2D eigenvalue weighted by Gasteiger charge is 2.59. The third-order valence-electron chi connectivity index (χ3n) is 9.88. The average molecular weight is 650 g/mol. The number of hydrogen-bond donors (Lipinski definition) is 13. The van der Waals surface area contributed by atoms with Gasteiger partial charge < -0.3 is 88.9 Å². The second-order valence-corrected chi connectivity index (χ2v) is 13.5. The molecule has 5 aliphatic rings. The number of rotatable bonds is 11. The van der Waals surface area contributed by atoms with Gasteiger partial charge in [-0.25, -0.2) is 0 Å². The first kappa shape index (κ1) is 35.1. The summed E-state index contributed by atoms with van der Waals surface area (Å²) in [5.41, 5.74) is 28.5. The predicted molar refractivity (Wildman–Crippen MR) is 154 cm³/mol. The summed E-state index contributed by atoms with van der Waals surface area (Å²) in [6.07, 6.45) is -10.4. The van der Waals surface area contributed by atoms with Gasteiger partial charge in [-0.05, 0) is 38.1 Å². The molecular weight excluding hydrogens is 598 g/mol. The Morgan fingerprint density at radius 2 is 1.47 bits per heavy atom. The van der Waals surface area contributed by atoms with Gasteiger partial charge in [0.2, 0.25) is 0 Å². The Hall–Kier alpha value is -1.17. The largest absolute Gasteiger partial charge is 0.394 e. The zero-order valence-electron chi connectivity index (χ0n) is 25.1. The maximum absolute atomic E-state index is 12.9. The summed E-state index contributed by atoms with van der Waals surface area (Å²) in [5.74, 6) is -0.326. The van der Waals surface area contributed by atoms with Gasteiger partial charge in [0, 0.05) is 31.1 Å². The van der Waals surface area contributed by atoms with E-state index in [0.29, 0.717) is 12.5 Å². The van der Waals surface area contributed by atoms with Crippen LogP contribution in [-0.4, -0.2) is 160 Å². The second-order valence-electron chi connectivity index (χ2n) is 13.5. The van der Waals surface area contributed by atoms with Crippen molar-refractivity contribution in [3.05, 3.63) is 0 Å². The molecule has 0 aromatic rings. The van der Waals surface area contributed by atoms with Gasteiger partial charge in [-0.1, -0.05) is 0 Å². The highest BCUT2D eigenvalue weighted by Crippen LogP contribution is 2.36. The van der Waals surface area contributed by atoms with Crippen LogP contribution in [0.3, 0.4) is 0 Å². The summed E-state index contributed by atoms with van der Waals surface area (Å²) in [7, 11) is 0. The fraction of sp³-hybridized carbons (Fsp3) is 0.963. The van der Waals surface area contributed by atoms with Crippen LogP contribution in [0.5, 0.6) is 0 Å². The smallest absolute Gasteiger partial charge is 0.253 e. The number of nitrogens with one attached hydrogen (secondary N) is 2. The van der Waals surface area contributed by atoms with Crippen LogP contribution in [-0.2, 0) is 23.7 Å². The lowest BCUT2D eigenvalue weighted by Gasteiger charge is -2.48. The lowest BCUT2D eigenvalue weighted by atomic mass is 9.81. The molecule has 3 aliphatic carbocycles. The molecule has 5 fully saturated rings. The van der Waals surface area contributed by atoms with Gasteiger partial charge in [-0.2, -0.15) is 0 Å². The van der Waals surface area contributed by atoms with Gasteiger partial charge in [0.15, 0.2) is 18.2 Å². The number of nitrogens with two attached hydrogens (primary N) is 5. The molecule has 18 heteroatoms. The first-order chi connectivity index (χ1) is 21.2. The highest BCUT2D eigenvalue weighted by molar-refractivity contribution is 5.89. The molecule has 0 aromatic heterocycles. The van der Waals surface area contributed by atoms with E-state index in [-0.39, 0.29) is 25.3 Å². The summed E-state index contributed by atoms with van der Waals surface area (Å²) >= 11 is 0. The van der Waals surface area contributed by atoms with Crippen LogP contribution in [0, 0.1) is 5.92 Å². The minimum atomic E-state index is -1.79. The molecule has 2 heterocycles. The molecule has 2 saturated heterocycles. The molecule has 18 N–H and O–H groups in total. The molecule has 1 amide bonds. The highest BCUT2D eigenvalue weighted by atomic mass is 16.7. The van der Waals surface area contributed by atoms with Gasteiger partial charge in [0.1, 0.15) is 36.6 Å². The molecule has 2 aliphatic heterocycles. The van der Waals surface area contributed by atoms with Gasteiger partial charge in [0.05, 0.1) is 36.9 Å². The SMILES string of the molecule is NC1CC(CNC[C@H]2O[C@H](O[C@H]3[C@H](O)[C@@H](O[C@H]4O[C@H](CO)[C@@H](O)[C@H](N)[C@H]4O)[C@H](NC(=O)C4(O)CC4N)C[C@@H]3N)[C@H](N)C[C@@H]2O)C1. The zero-order chi connectivity index (χ0) is 32.8.